The van der Waals surface area contributed by atoms with Gasteiger partial charge in [-0.05, 0) is 35.2 Å². The molecule has 0 fully saturated rings. The predicted molar refractivity (Wildman–Crippen MR) is 106 cm³/mol. The van der Waals surface area contributed by atoms with Gasteiger partial charge in [-0.15, -0.1) is 5.10 Å². The molecule has 1 heterocycles. The number of carboxylic acid groups (broad SMARTS) is 1. The predicted octanol–water partition coefficient (Wildman–Crippen LogP) is 2.59. The fourth-order valence-electron chi connectivity index (χ4n) is 2.37. The van der Waals surface area contributed by atoms with Crippen molar-refractivity contribution in [3.05, 3.63) is 99.5 Å². The molecule has 5 nitrogen and oxygen atoms in total. The zero-order valence-corrected chi connectivity index (χ0v) is 14.9. The van der Waals surface area contributed by atoms with Crippen LogP contribution in [0.4, 0.5) is 0 Å². The van der Waals surface area contributed by atoms with Crippen molar-refractivity contribution < 1.29 is 9.90 Å². The molecule has 3 rings (SSSR count). The fourth-order valence-corrected chi connectivity index (χ4v) is 2.37. The number of nitrogens with zero attached hydrogens (tertiary/aromatic N) is 2. The number of benzene rings is 2. The Balaban J connectivity index is 1.69. The summed E-state index contributed by atoms with van der Waals surface area (Å²) in [6.07, 6.45) is 0.970. The Hall–Kier alpha value is -4.09. The first-order valence-corrected chi connectivity index (χ1v) is 8.56. The van der Waals surface area contributed by atoms with Crippen molar-refractivity contribution in [2.24, 2.45) is 0 Å². The zero-order valence-electron chi connectivity index (χ0n) is 14.9. The lowest BCUT2D eigenvalue weighted by Gasteiger charge is -1.97. The third-order valence-corrected chi connectivity index (χ3v) is 3.83. The lowest BCUT2D eigenvalue weighted by atomic mass is 10.1. The first-order valence-electron chi connectivity index (χ1n) is 8.56. The van der Waals surface area contributed by atoms with Gasteiger partial charge in [0.15, 0.2) is 0 Å². The monoisotopic (exact) mass is 368 g/mol. The maximum absolute atomic E-state index is 11.9. The summed E-state index contributed by atoms with van der Waals surface area (Å²) in [5, 5.41) is 13.1. The number of hydrogen-bond donors (Lipinski definition) is 1. The maximum atomic E-state index is 11.9. The van der Waals surface area contributed by atoms with Crippen LogP contribution in [0.1, 0.15) is 27.2 Å². The minimum absolute atomic E-state index is 0.236. The van der Waals surface area contributed by atoms with E-state index in [2.05, 4.69) is 28.9 Å². The van der Waals surface area contributed by atoms with Gasteiger partial charge in [-0.3, -0.25) is 4.79 Å². The SMILES string of the molecule is O=C(O)c1ccc(CC#Cc2ccc(=O)n(C#CCc3ccccc3)n2)cc1. The highest BCUT2D eigenvalue weighted by Gasteiger charge is 2.01. The number of carboxylic acids is 1. The zero-order chi connectivity index (χ0) is 19.8. The standard InChI is InChI=1S/C23H16N2O3/c26-22-16-15-21(10-4-8-19-11-13-20(14-12-19)23(27)28)24-25(22)17-5-9-18-6-2-1-3-7-18/h1-3,6-7,11-16H,8-9H2,(H,27,28). The van der Waals surface area contributed by atoms with Crippen LogP contribution in [-0.2, 0) is 12.8 Å². The molecule has 0 atom stereocenters. The second-order valence-electron chi connectivity index (χ2n) is 5.90. The summed E-state index contributed by atoms with van der Waals surface area (Å²) in [6, 6.07) is 22.0. The van der Waals surface area contributed by atoms with Gasteiger partial charge in [0.05, 0.1) is 5.56 Å². The highest BCUT2D eigenvalue weighted by molar-refractivity contribution is 5.87. The molecule has 0 aliphatic heterocycles. The Labute approximate surface area is 162 Å². The van der Waals surface area contributed by atoms with E-state index in [1.54, 1.807) is 30.3 Å². The summed E-state index contributed by atoms with van der Waals surface area (Å²) in [5.74, 6) is 7.85. The van der Waals surface area contributed by atoms with E-state index in [0.29, 0.717) is 18.5 Å². The second kappa shape index (κ2) is 9.02. The lowest BCUT2D eigenvalue weighted by molar-refractivity contribution is 0.0697. The van der Waals surface area contributed by atoms with Gasteiger partial charge in [0, 0.05) is 25.0 Å². The summed E-state index contributed by atoms with van der Waals surface area (Å²) >= 11 is 0. The van der Waals surface area contributed by atoms with E-state index < -0.39 is 5.97 Å². The van der Waals surface area contributed by atoms with E-state index in [0.717, 1.165) is 15.8 Å². The van der Waals surface area contributed by atoms with Crippen LogP contribution in [-0.4, -0.2) is 20.9 Å². The average Bonchev–Trinajstić information content (AvgIpc) is 2.71. The molecule has 3 aromatic rings. The first-order chi connectivity index (χ1) is 13.6. The normalized spacial score (nSPS) is 9.57. The molecule has 1 N–H and O–H groups in total. The molecule has 0 aliphatic rings. The molecule has 0 radical (unpaired) electrons. The summed E-state index contributed by atoms with van der Waals surface area (Å²) < 4.78 is 1.09. The van der Waals surface area contributed by atoms with Crippen LogP contribution in [0.25, 0.3) is 0 Å². The van der Waals surface area contributed by atoms with E-state index in [1.165, 1.54) is 6.07 Å². The molecule has 0 unspecified atom stereocenters. The molecule has 0 bridgehead atoms. The number of aromatic nitrogens is 2. The van der Waals surface area contributed by atoms with Crippen molar-refractivity contribution in [3.8, 4) is 23.8 Å². The maximum Gasteiger partial charge on any atom is 0.335 e. The van der Waals surface area contributed by atoms with Gasteiger partial charge < -0.3 is 5.11 Å². The van der Waals surface area contributed by atoms with Gasteiger partial charge in [-0.25, -0.2) is 4.79 Å². The number of hydrogen-bond acceptors (Lipinski definition) is 3. The topological polar surface area (TPSA) is 72.2 Å². The van der Waals surface area contributed by atoms with E-state index in [4.69, 9.17) is 5.11 Å². The molecule has 0 saturated heterocycles. The lowest BCUT2D eigenvalue weighted by Crippen LogP contribution is -2.19. The van der Waals surface area contributed by atoms with Crippen LogP contribution >= 0.6 is 0 Å². The Morgan fingerprint density at radius 2 is 1.57 bits per heavy atom. The van der Waals surface area contributed by atoms with Gasteiger partial charge in [-0.2, -0.15) is 4.68 Å². The molecule has 0 amide bonds. The largest absolute Gasteiger partial charge is 0.478 e. The summed E-state index contributed by atoms with van der Waals surface area (Å²) in [4.78, 5) is 22.7. The summed E-state index contributed by atoms with van der Waals surface area (Å²) in [5.41, 5.74) is 2.33. The van der Waals surface area contributed by atoms with E-state index in [9.17, 15) is 9.59 Å². The van der Waals surface area contributed by atoms with Crippen LogP contribution in [0, 0.1) is 23.8 Å². The molecular weight excluding hydrogens is 352 g/mol. The molecule has 5 heteroatoms. The third kappa shape index (κ3) is 5.20. The smallest absolute Gasteiger partial charge is 0.335 e. The number of rotatable bonds is 3. The Morgan fingerprint density at radius 1 is 0.893 bits per heavy atom. The second-order valence-corrected chi connectivity index (χ2v) is 5.90. The van der Waals surface area contributed by atoms with Crippen LogP contribution in [0.2, 0.25) is 0 Å². The van der Waals surface area contributed by atoms with Crippen LogP contribution < -0.4 is 5.56 Å². The van der Waals surface area contributed by atoms with Gasteiger partial charge in [-0.1, -0.05) is 54.3 Å². The molecule has 0 spiro atoms. The van der Waals surface area contributed by atoms with Crippen LogP contribution in [0.3, 0.4) is 0 Å². The quantitative estimate of drug-likeness (QED) is 0.722. The van der Waals surface area contributed by atoms with Gasteiger partial charge in [0.1, 0.15) is 5.69 Å². The molecule has 136 valence electrons. The van der Waals surface area contributed by atoms with Crippen molar-refractivity contribution in [3.63, 3.8) is 0 Å². The number of aromatic carboxylic acids is 1. The van der Waals surface area contributed by atoms with E-state index in [1.807, 2.05) is 30.3 Å². The first kappa shape index (κ1) is 18.7. The minimum Gasteiger partial charge on any atom is -0.478 e. The van der Waals surface area contributed by atoms with Gasteiger partial charge in [0.25, 0.3) is 5.56 Å². The Morgan fingerprint density at radius 3 is 2.29 bits per heavy atom. The minimum atomic E-state index is -0.961. The fraction of sp³-hybridized carbons (Fsp3) is 0.0870. The summed E-state index contributed by atoms with van der Waals surface area (Å²) in [7, 11) is 0. The van der Waals surface area contributed by atoms with Crippen molar-refractivity contribution in [1.29, 1.82) is 0 Å². The molecule has 2 aromatic carbocycles. The molecule has 0 aliphatic carbocycles. The van der Waals surface area contributed by atoms with Crippen molar-refractivity contribution >= 4 is 5.97 Å². The average molecular weight is 368 g/mol. The highest BCUT2D eigenvalue weighted by Crippen LogP contribution is 2.05. The van der Waals surface area contributed by atoms with Crippen LogP contribution in [0.15, 0.2) is 71.5 Å². The van der Waals surface area contributed by atoms with Gasteiger partial charge >= 0.3 is 5.97 Å². The van der Waals surface area contributed by atoms with E-state index >= 15 is 0 Å². The highest BCUT2D eigenvalue weighted by atomic mass is 16.4. The van der Waals surface area contributed by atoms with Crippen molar-refractivity contribution in [2.45, 2.75) is 12.8 Å². The van der Waals surface area contributed by atoms with Crippen molar-refractivity contribution in [2.75, 3.05) is 0 Å². The van der Waals surface area contributed by atoms with Gasteiger partial charge in [0.2, 0.25) is 0 Å². The molecular formula is C23H16N2O3. The van der Waals surface area contributed by atoms with Crippen LogP contribution in [0.5, 0.6) is 0 Å². The summed E-state index contributed by atoms with van der Waals surface area (Å²) in [6.45, 7) is 0. The molecule has 1 aromatic heterocycles. The number of carbonyl (C=O) groups is 1. The third-order valence-electron chi connectivity index (χ3n) is 3.83. The van der Waals surface area contributed by atoms with E-state index in [-0.39, 0.29) is 11.1 Å². The molecule has 28 heavy (non-hydrogen) atoms. The Kier molecular flexibility index (Phi) is 6.02. The van der Waals surface area contributed by atoms with Crippen molar-refractivity contribution in [1.82, 2.24) is 9.78 Å². The molecule has 0 saturated carbocycles. The Bertz CT molecular complexity index is 1160.